The monoisotopic (exact) mass is 334 g/mol. The second kappa shape index (κ2) is 7.09. The largest absolute Gasteiger partial charge is 0.444 e. The van der Waals surface area contributed by atoms with Crippen LogP contribution in [0.25, 0.3) is 0 Å². The molecule has 1 aromatic rings. The molecule has 132 valence electrons. The van der Waals surface area contributed by atoms with E-state index in [9.17, 15) is 4.79 Å². The number of hydrogen-bond acceptors (Lipinski definition) is 5. The van der Waals surface area contributed by atoms with Gasteiger partial charge in [-0.1, -0.05) is 35.5 Å². The third kappa shape index (κ3) is 4.17. The highest BCUT2D eigenvalue weighted by Crippen LogP contribution is 2.28. The summed E-state index contributed by atoms with van der Waals surface area (Å²) >= 11 is 0. The molecule has 3 N–H and O–H groups in total. The Morgan fingerprint density at radius 3 is 2.46 bits per heavy atom. The molecule has 1 aliphatic rings. The number of carbonyl (C=O) groups excluding carboxylic acids is 1. The van der Waals surface area contributed by atoms with E-state index in [-0.39, 0.29) is 24.0 Å². The molecule has 0 spiro atoms. The maximum atomic E-state index is 12.1. The first-order valence-electron chi connectivity index (χ1n) is 7.95. The predicted octanol–water partition coefficient (Wildman–Crippen LogP) is 2.03. The SMILES string of the molecule is CN(C(=O)OC(C)(C)C)C1CN([C@@H](C(N)=NO)c2ccccc2)C1. The number of likely N-dealkylation sites (tertiary alicyclic amines) is 1. The third-order valence-electron chi connectivity index (χ3n) is 4.00. The van der Waals surface area contributed by atoms with Crippen LogP contribution in [0.5, 0.6) is 0 Å². The molecule has 24 heavy (non-hydrogen) atoms. The van der Waals surface area contributed by atoms with Gasteiger partial charge in [-0.2, -0.15) is 0 Å². The van der Waals surface area contributed by atoms with Gasteiger partial charge in [-0.05, 0) is 26.3 Å². The minimum Gasteiger partial charge on any atom is -0.444 e. The lowest BCUT2D eigenvalue weighted by atomic mass is 9.98. The highest BCUT2D eigenvalue weighted by molar-refractivity contribution is 5.86. The molecule has 7 nitrogen and oxygen atoms in total. The summed E-state index contributed by atoms with van der Waals surface area (Å²) in [6.07, 6.45) is -0.341. The van der Waals surface area contributed by atoms with E-state index < -0.39 is 5.60 Å². The summed E-state index contributed by atoms with van der Waals surface area (Å²) in [5.41, 5.74) is 6.31. The van der Waals surface area contributed by atoms with Crippen LogP contribution in [0.15, 0.2) is 35.5 Å². The number of carbonyl (C=O) groups is 1. The number of amidine groups is 1. The fourth-order valence-corrected chi connectivity index (χ4v) is 2.69. The Kier molecular flexibility index (Phi) is 5.33. The number of nitrogens with zero attached hydrogens (tertiary/aromatic N) is 3. The molecule has 1 atom stereocenters. The summed E-state index contributed by atoms with van der Waals surface area (Å²) in [5, 5.41) is 12.2. The summed E-state index contributed by atoms with van der Waals surface area (Å²) in [5.74, 6) is 0.138. The van der Waals surface area contributed by atoms with Crippen LogP contribution in [-0.4, -0.2) is 58.7 Å². The van der Waals surface area contributed by atoms with Gasteiger partial charge >= 0.3 is 6.09 Å². The van der Waals surface area contributed by atoms with Gasteiger partial charge in [-0.3, -0.25) is 4.90 Å². The van der Waals surface area contributed by atoms with Crippen molar-refractivity contribution in [3.63, 3.8) is 0 Å². The van der Waals surface area contributed by atoms with Gasteiger partial charge in [0.25, 0.3) is 0 Å². The number of benzene rings is 1. The van der Waals surface area contributed by atoms with E-state index in [0.29, 0.717) is 13.1 Å². The first kappa shape index (κ1) is 18.1. The van der Waals surface area contributed by atoms with Crippen molar-refractivity contribution < 1.29 is 14.7 Å². The van der Waals surface area contributed by atoms with Crippen LogP contribution in [-0.2, 0) is 4.74 Å². The predicted molar refractivity (Wildman–Crippen MR) is 91.9 cm³/mol. The van der Waals surface area contributed by atoms with Crippen molar-refractivity contribution in [2.24, 2.45) is 10.9 Å². The zero-order chi connectivity index (χ0) is 17.9. The van der Waals surface area contributed by atoms with Gasteiger partial charge in [0, 0.05) is 20.1 Å². The second-order valence-corrected chi connectivity index (χ2v) is 7.04. The molecule has 1 aliphatic heterocycles. The van der Waals surface area contributed by atoms with Crippen molar-refractivity contribution in [2.75, 3.05) is 20.1 Å². The molecular weight excluding hydrogens is 308 g/mol. The molecule has 1 saturated heterocycles. The molecule has 0 aliphatic carbocycles. The van der Waals surface area contributed by atoms with Crippen molar-refractivity contribution in [3.05, 3.63) is 35.9 Å². The lowest BCUT2D eigenvalue weighted by Crippen LogP contribution is -2.62. The van der Waals surface area contributed by atoms with Crippen molar-refractivity contribution in [3.8, 4) is 0 Å². The molecular formula is C17H26N4O3. The Balaban J connectivity index is 2.02. The number of likely N-dealkylation sites (N-methyl/N-ethyl adjacent to an activating group) is 1. The van der Waals surface area contributed by atoms with Gasteiger partial charge in [0.05, 0.1) is 12.1 Å². The lowest BCUT2D eigenvalue weighted by molar-refractivity contribution is -0.00893. The van der Waals surface area contributed by atoms with E-state index in [4.69, 9.17) is 15.7 Å². The van der Waals surface area contributed by atoms with E-state index in [2.05, 4.69) is 10.1 Å². The Morgan fingerprint density at radius 2 is 1.96 bits per heavy atom. The molecule has 2 rings (SSSR count). The van der Waals surface area contributed by atoms with E-state index in [1.807, 2.05) is 51.1 Å². The maximum Gasteiger partial charge on any atom is 0.410 e. The number of ether oxygens (including phenoxy) is 1. The van der Waals surface area contributed by atoms with Crippen LogP contribution in [0.4, 0.5) is 4.79 Å². The minimum absolute atomic E-state index is 0.0394. The standard InChI is InChI=1S/C17H26N4O3/c1-17(2,3)24-16(22)20(4)13-10-21(11-13)14(15(18)19-23)12-8-6-5-7-9-12/h5-9,13-14,23H,10-11H2,1-4H3,(H2,18,19)/t14-/m1/s1. The molecule has 1 aromatic carbocycles. The van der Waals surface area contributed by atoms with Crippen molar-refractivity contribution >= 4 is 11.9 Å². The number of hydrogen-bond donors (Lipinski definition) is 2. The molecule has 0 aromatic heterocycles. The highest BCUT2D eigenvalue weighted by atomic mass is 16.6. The van der Waals surface area contributed by atoms with Gasteiger partial charge in [-0.25, -0.2) is 4.79 Å². The highest BCUT2D eigenvalue weighted by Gasteiger charge is 2.39. The van der Waals surface area contributed by atoms with Crippen LogP contribution in [0.1, 0.15) is 32.4 Å². The van der Waals surface area contributed by atoms with Gasteiger partial charge in [0.2, 0.25) is 0 Å². The molecule has 0 saturated carbocycles. The Hall–Kier alpha value is -2.28. The van der Waals surface area contributed by atoms with Gasteiger partial charge in [-0.15, -0.1) is 0 Å². The average molecular weight is 334 g/mol. The first-order chi connectivity index (χ1) is 11.2. The fourth-order valence-electron chi connectivity index (χ4n) is 2.69. The molecule has 1 heterocycles. The Morgan fingerprint density at radius 1 is 1.38 bits per heavy atom. The summed E-state index contributed by atoms with van der Waals surface area (Å²) in [4.78, 5) is 15.8. The smallest absolute Gasteiger partial charge is 0.410 e. The van der Waals surface area contributed by atoms with Crippen LogP contribution < -0.4 is 5.73 Å². The minimum atomic E-state index is -0.519. The van der Waals surface area contributed by atoms with Crippen LogP contribution in [0.3, 0.4) is 0 Å². The molecule has 7 heteroatoms. The van der Waals surface area contributed by atoms with E-state index in [0.717, 1.165) is 5.56 Å². The molecule has 0 radical (unpaired) electrons. The van der Waals surface area contributed by atoms with Crippen LogP contribution in [0, 0.1) is 0 Å². The topological polar surface area (TPSA) is 91.4 Å². The van der Waals surface area contributed by atoms with E-state index >= 15 is 0 Å². The summed E-state index contributed by atoms with van der Waals surface area (Å²) in [6, 6.07) is 9.36. The quantitative estimate of drug-likeness (QED) is 0.380. The fraction of sp³-hybridized carbons (Fsp3) is 0.529. The van der Waals surface area contributed by atoms with Crippen molar-refractivity contribution in [1.29, 1.82) is 0 Å². The lowest BCUT2D eigenvalue weighted by Gasteiger charge is -2.47. The van der Waals surface area contributed by atoms with E-state index in [1.54, 1.807) is 11.9 Å². The molecule has 0 unspecified atom stereocenters. The second-order valence-electron chi connectivity index (χ2n) is 7.04. The van der Waals surface area contributed by atoms with E-state index in [1.165, 1.54) is 0 Å². The Bertz CT molecular complexity index is 592. The zero-order valence-corrected chi connectivity index (χ0v) is 14.6. The number of amides is 1. The zero-order valence-electron chi connectivity index (χ0n) is 14.6. The normalized spacial score (nSPS) is 17.9. The Labute approximate surface area is 142 Å². The molecule has 1 fully saturated rings. The van der Waals surface area contributed by atoms with Crippen molar-refractivity contribution in [1.82, 2.24) is 9.80 Å². The maximum absolute atomic E-state index is 12.1. The van der Waals surface area contributed by atoms with Crippen LogP contribution in [0.2, 0.25) is 0 Å². The summed E-state index contributed by atoms with van der Waals surface area (Å²) in [6.45, 7) is 6.79. The van der Waals surface area contributed by atoms with Gasteiger partial charge < -0.3 is 20.6 Å². The molecule has 1 amide bonds. The molecule has 0 bridgehead atoms. The third-order valence-corrected chi connectivity index (χ3v) is 4.00. The van der Waals surface area contributed by atoms with Crippen LogP contribution >= 0.6 is 0 Å². The van der Waals surface area contributed by atoms with Gasteiger partial charge in [0.1, 0.15) is 5.60 Å². The number of nitrogens with two attached hydrogens (primary N) is 1. The number of oxime groups is 1. The van der Waals surface area contributed by atoms with Gasteiger partial charge in [0.15, 0.2) is 5.84 Å². The summed E-state index contributed by atoms with van der Waals surface area (Å²) in [7, 11) is 1.73. The summed E-state index contributed by atoms with van der Waals surface area (Å²) < 4.78 is 5.39. The van der Waals surface area contributed by atoms with Crippen molar-refractivity contribution in [2.45, 2.75) is 38.5 Å². The first-order valence-corrected chi connectivity index (χ1v) is 7.95. The number of rotatable bonds is 4. The average Bonchev–Trinajstić information content (AvgIpc) is 2.48.